The van der Waals surface area contributed by atoms with Gasteiger partial charge in [0.05, 0.1) is 6.04 Å². The van der Waals surface area contributed by atoms with E-state index in [2.05, 4.69) is 33.8 Å². The fourth-order valence-corrected chi connectivity index (χ4v) is 3.88. The molecule has 24 heavy (non-hydrogen) atoms. The highest BCUT2D eigenvalue weighted by Crippen LogP contribution is 2.29. The Hall–Kier alpha value is -1.47. The molecule has 1 aromatic heterocycles. The van der Waals surface area contributed by atoms with Crippen LogP contribution in [0.1, 0.15) is 45.5 Å². The summed E-state index contributed by atoms with van der Waals surface area (Å²) in [7, 11) is 0. The molecule has 3 rings (SSSR count). The Bertz CT molecular complexity index is 567. The van der Waals surface area contributed by atoms with E-state index >= 15 is 0 Å². The third-order valence-corrected chi connectivity index (χ3v) is 5.53. The molecule has 0 bridgehead atoms. The van der Waals surface area contributed by atoms with E-state index in [1.165, 1.54) is 0 Å². The zero-order chi connectivity index (χ0) is 17.3. The van der Waals surface area contributed by atoms with Crippen molar-refractivity contribution in [2.24, 2.45) is 5.92 Å². The molecule has 3 heterocycles. The number of carbonyl (C=O) groups excluding carboxylic acids is 1. The van der Waals surface area contributed by atoms with Gasteiger partial charge in [0.25, 0.3) is 0 Å². The van der Waals surface area contributed by atoms with Gasteiger partial charge in [-0.25, -0.2) is 0 Å². The lowest BCUT2D eigenvalue weighted by Crippen LogP contribution is -2.53. The second-order valence-electron chi connectivity index (χ2n) is 7.12. The maximum atomic E-state index is 11.5. The molecule has 0 radical (unpaired) electrons. The fourth-order valence-electron chi connectivity index (χ4n) is 3.88. The zero-order valence-electron chi connectivity index (χ0n) is 15.2. The third kappa shape index (κ3) is 3.47. The highest BCUT2D eigenvalue weighted by molar-refractivity contribution is 5.73. The van der Waals surface area contributed by atoms with Crippen LogP contribution < -0.4 is 0 Å². The van der Waals surface area contributed by atoms with Crippen molar-refractivity contribution in [2.75, 3.05) is 39.3 Å². The quantitative estimate of drug-likeness (QED) is 0.823. The van der Waals surface area contributed by atoms with Crippen LogP contribution in [0.5, 0.6) is 0 Å². The van der Waals surface area contributed by atoms with Crippen LogP contribution in [0.4, 0.5) is 0 Å². The minimum Gasteiger partial charge on any atom is -0.340 e. The molecule has 0 unspecified atom stereocenters. The number of piperazine rings is 1. The van der Waals surface area contributed by atoms with Crippen LogP contribution in [0.25, 0.3) is 0 Å². The van der Waals surface area contributed by atoms with Crippen molar-refractivity contribution >= 4 is 5.91 Å². The molecule has 0 saturated carbocycles. The summed E-state index contributed by atoms with van der Waals surface area (Å²) >= 11 is 0. The van der Waals surface area contributed by atoms with E-state index in [1.807, 2.05) is 11.8 Å². The number of hydrogen-bond acceptors (Lipinski definition) is 6. The molecule has 1 aromatic rings. The molecule has 2 aliphatic rings. The maximum Gasteiger partial charge on any atom is 0.243 e. The monoisotopic (exact) mass is 335 g/mol. The number of aromatic nitrogens is 2. The number of likely N-dealkylation sites (tertiary alicyclic amines) is 1. The first-order valence-corrected chi connectivity index (χ1v) is 9.05. The molecule has 7 nitrogen and oxygen atoms in total. The zero-order valence-corrected chi connectivity index (χ0v) is 15.2. The van der Waals surface area contributed by atoms with Gasteiger partial charge in [-0.1, -0.05) is 19.0 Å². The second-order valence-corrected chi connectivity index (χ2v) is 7.12. The van der Waals surface area contributed by atoms with Crippen molar-refractivity contribution in [3.8, 4) is 0 Å². The van der Waals surface area contributed by atoms with Crippen LogP contribution in [0.2, 0.25) is 0 Å². The fraction of sp³-hybridized carbons (Fsp3) is 0.824. The Labute approximate surface area is 144 Å². The van der Waals surface area contributed by atoms with Gasteiger partial charge in [-0.3, -0.25) is 14.6 Å². The van der Waals surface area contributed by atoms with E-state index in [0.29, 0.717) is 12.0 Å². The van der Waals surface area contributed by atoms with Gasteiger partial charge in [0.2, 0.25) is 11.8 Å². The van der Waals surface area contributed by atoms with E-state index in [1.54, 1.807) is 6.92 Å². The minimum atomic E-state index is 0.156. The molecular formula is C17H29N5O2. The molecule has 134 valence electrons. The Morgan fingerprint density at radius 1 is 1.29 bits per heavy atom. The van der Waals surface area contributed by atoms with Gasteiger partial charge in [0, 0.05) is 58.7 Å². The topological polar surface area (TPSA) is 65.7 Å². The molecule has 2 aliphatic heterocycles. The summed E-state index contributed by atoms with van der Waals surface area (Å²) in [6.07, 6.45) is 0.801. The Morgan fingerprint density at radius 3 is 2.58 bits per heavy atom. The van der Waals surface area contributed by atoms with Crippen LogP contribution in [-0.4, -0.2) is 76.1 Å². The van der Waals surface area contributed by atoms with Crippen LogP contribution in [0.15, 0.2) is 4.52 Å². The van der Waals surface area contributed by atoms with Crippen LogP contribution in [0.3, 0.4) is 0 Å². The highest BCUT2D eigenvalue weighted by atomic mass is 16.5. The average molecular weight is 335 g/mol. The number of rotatable bonds is 4. The van der Waals surface area contributed by atoms with Crippen molar-refractivity contribution in [3.63, 3.8) is 0 Å². The predicted octanol–water partition coefficient (Wildman–Crippen LogP) is 1.18. The molecule has 2 fully saturated rings. The van der Waals surface area contributed by atoms with Crippen molar-refractivity contribution in [3.05, 3.63) is 11.7 Å². The largest absolute Gasteiger partial charge is 0.340 e. The summed E-state index contributed by atoms with van der Waals surface area (Å²) in [4.78, 5) is 22.9. The molecule has 0 aromatic carbocycles. The molecule has 3 atom stereocenters. The summed E-state index contributed by atoms with van der Waals surface area (Å²) in [5.41, 5.74) is 0. The summed E-state index contributed by atoms with van der Waals surface area (Å²) in [5, 5.41) is 4.02. The van der Waals surface area contributed by atoms with Crippen molar-refractivity contribution in [1.29, 1.82) is 0 Å². The lowest BCUT2D eigenvalue weighted by atomic mass is 10.0. The van der Waals surface area contributed by atoms with Gasteiger partial charge in [0.15, 0.2) is 5.82 Å². The van der Waals surface area contributed by atoms with Crippen LogP contribution in [-0.2, 0) is 11.2 Å². The Kier molecular flexibility index (Phi) is 5.20. The second kappa shape index (κ2) is 7.19. The van der Waals surface area contributed by atoms with Gasteiger partial charge < -0.3 is 9.42 Å². The van der Waals surface area contributed by atoms with E-state index in [9.17, 15) is 4.79 Å². The smallest absolute Gasteiger partial charge is 0.243 e. The summed E-state index contributed by atoms with van der Waals surface area (Å²) in [6.45, 7) is 13.9. The molecule has 2 saturated heterocycles. The molecule has 0 spiro atoms. The number of hydrogen-bond donors (Lipinski definition) is 0. The average Bonchev–Trinajstić information content (AvgIpc) is 3.21. The Balaban J connectivity index is 1.59. The minimum absolute atomic E-state index is 0.156. The summed E-state index contributed by atoms with van der Waals surface area (Å²) in [6, 6.07) is 0.693. The lowest BCUT2D eigenvalue weighted by molar-refractivity contribution is -0.130. The number of aryl methyl sites for hydroxylation is 1. The van der Waals surface area contributed by atoms with Gasteiger partial charge in [0.1, 0.15) is 0 Å². The van der Waals surface area contributed by atoms with Crippen LogP contribution >= 0.6 is 0 Å². The van der Waals surface area contributed by atoms with Gasteiger partial charge >= 0.3 is 0 Å². The number of amides is 1. The van der Waals surface area contributed by atoms with Gasteiger partial charge in [-0.15, -0.1) is 0 Å². The van der Waals surface area contributed by atoms with Crippen LogP contribution in [0, 0.1) is 5.92 Å². The Morgan fingerprint density at radius 2 is 2.00 bits per heavy atom. The van der Waals surface area contributed by atoms with E-state index in [0.717, 1.165) is 57.4 Å². The SMILES string of the molecule is CCc1noc([C@H](C)N2C[C@H](C)[C@@H](N3CCN(C(C)=O)CC3)C2)n1. The maximum absolute atomic E-state index is 11.5. The first-order valence-electron chi connectivity index (χ1n) is 9.05. The van der Waals surface area contributed by atoms with E-state index in [-0.39, 0.29) is 11.9 Å². The summed E-state index contributed by atoms with van der Waals surface area (Å²) < 4.78 is 5.43. The van der Waals surface area contributed by atoms with E-state index < -0.39 is 0 Å². The standard InChI is InChI=1S/C17H29N5O2/c1-5-16-18-17(24-19-16)13(3)22-10-12(2)15(11-22)21-8-6-20(7-9-21)14(4)23/h12-13,15H,5-11H2,1-4H3/t12-,13-,15-/m0/s1. The van der Waals surface area contributed by atoms with Gasteiger partial charge in [-0.2, -0.15) is 4.98 Å². The molecule has 1 amide bonds. The molecule has 0 aliphatic carbocycles. The molecule has 0 N–H and O–H groups in total. The summed E-state index contributed by atoms with van der Waals surface area (Å²) in [5.74, 6) is 2.29. The highest BCUT2D eigenvalue weighted by Gasteiger charge is 2.38. The first-order chi connectivity index (χ1) is 11.5. The lowest BCUT2D eigenvalue weighted by Gasteiger charge is -2.39. The predicted molar refractivity (Wildman–Crippen MR) is 90.4 cm³/mol. The molecular weight excluding hydrogens is 306 g/mol. The van der Waals surface area contributed by atoms with Crippen molar-refractivity contribution in [2.45, 2.75) is 46.2 Å². The molecule has 7 heteroatoms. The van der Waals surface area contributed by atoms with Crippen molar-refractivity contribution < 1.29 is 9.32 Å². The number of carbonyl (C=O) groups is 1. The van der Waals surface area contributed by atoms with E-state index in [4.69, 9.17) is 4.52 Å². The number of nitrogens with zero attached hydrogens (tertiary/aromatic N) is 5. The first kappa shape index (κ1) is 17.4. The van der Waals surface area contributed by atoms with Gasteiger partial charge in [-0.05, 0) is 12.8 Å². The van der Waals surface area contributed by atoms with Crippen molar-refractivity contribution in [1.82, 2.24) is 24.8 Å². The normalized spacial score (nSPS) is 27.6. The third-order valence-electron chi connectivity index (χ3n) is 5.53.